The van der Waals surface area contributed by atoms with Crippen LogP contribution in [0.2, 0.25) is 0 Å². The normalized spacial score (nSPS) is 10.7. The van der Waals surface area contributed by atoms with Gasteiger partial charge in [0, 0.05) is 30.9 Å². The molecule has 1 rings (SSSR count). The van der Waals surface area contributed by atoms with Gasteiger partial charge >= 0.3 is 0 Å². The Balaban J connectivity index is 2.47. The predicted molar refractivity (Wildman–Crippen MR) is 97.6 cm³/mol. The number of anilines is 1. The Morgan fingerprint density at radius 2 is 1.87 bits per heavy atom. The third kappa shape index (κ3) is 7.61. The number of rotatable bonds is 8. The number of aryl methyl sites for hydroxylation is 1. The number of nitrogens with one attached hydrogen (secondary N) is 1. The molecule has 0 aromatic heterocycles. The molecule has 6 heteroatoms. The minimum absolute atomic E-state index is 0.00747. The lowest BCUT2D eigenvalue weighted by atomic mass is 10.2. The van der Waals surface area contributed by atoms with Crippen molar-refractivity contribution in [2.24, 2.45) is 0 Å². The van der Waals surface area contributed by atoms with Crippen molar-refractivity contribution in [3.63, 3.8) is 0 Å². The lowest BCUT2D eigenvalue weighted by Crippen LogP contribution is -2.34. The number of carbonyl (C=O) groups excluding carboxylic acids is 2. The second-order valence-electron chi connectivity index (χ2n) is 5.94. The minimum atomic E-state index is -0.0894. The lowest BCUT2D eigenvalue weighted by Gasteiger charge is -2.22. The highest BCUT2D eigenvalue weighted by atomic mass is 79.9. The summed E-state index contributed by atoms with van der Waals surface area (Å²) in [5, 5.41) is 2.87. The summed E-state index contributed by atoms with van der Waals surface area (Å²) in [7, 11) is 4.01. The molecule has 0 atom stereocenters. The van der Waals surface area contributed by atoms with Gasteiger partial charge in [-0.2, -0.15) is 0 Å². The van der Waals surface area contributed by atoms with Gasteiger partial charge in [0.1, 0.15) is 0 Å². The second kappa shape index (κ2) is 9.67. The van der Waals surface area contributed by atoms with Crippen LogP contribution in [0.25, 0.3) is 0 Å². The van der Waals surface area contributed by atoms with Crippen LogP contribution in [0.15, 0.2) is 22.7 Å². The van der Waals surface area contributed by atoms with Gasteiger partial charge in [-0.15, -0.1) is 0 Å². The maximum Gasteiger partial charge on any atom is 0.226 e. The van der Waals surface area contributed by atoms with Crippen LogP contribution in [0.3, 0.4) is 0 Å². The summed E-state index contributed by atoms with van der Waals surface area (Å²) in [5.74, 6) is -0.0820. The van der Waals surface area contributed by atoms with Gasteiger partial charge in [-0.3, -0.25) is 9.59 Å². The van der Waals surface area contributed by atoms with Crippen molar-refractivity contribution in [3.8, 4) is 0 Å². The van der Waals surface area contributed by atoms with Gasteiger partial charge in [-0.05, 0) is 67.6 Å². The van der Waals surface area contributed by atoms with Crippen molar-refractivity contribution in [1.82, 2.24) is 9.80 Å². The zero-order valence-corrected chi connectivity index (χ0v) is 15.9. The zero-order chi connectivity index (χ0) is 17.4. The second-order valence-corrected chi connectivity index (χ2v) is 6.80. The van der Waals surface area contributed by atoms with Gasteiger partial charge < -0.3 is 15.1 Å². The highest BCUT2D eigenvalue weighted by Crippen LogP contribution is 2.23. The third-order valence-electron chi connectivity index (χ3n) is 3.49. The average molecular weight is 384 g/mol. The molecule has 0 saturated carbocycles. The maximum atomic E-state index is 12.1. The first-order valence-electron chi connectivity index (χ1n) is 7.76. The van der Waals surface area contributed by atoms with Crippen molar-refractivity contribution < 1.29 is 9.59 Å². The van der Waals surface area contributed by atoms with Gasteiger partial charge in [-0.25, -0.2) is 0 Å². The molecule has 1 N–H and O–H groups in total. The fraction of sp³-hybridized carbons (Fsp3) is 0.529. The van der Waals surface area contributed by atoms with Crippen LogP contribution >= 0.6 is 15.9 Å². The molecule has 0 bridgehead atoms. The Morgan fingerprint density at radius 3 is 2.43 bits per heavy atom. The van der Waals surface area contributed by atoms with E-state index in [0.717, 1.165) is 28.7 Å². The van der Waals surface area contributed by atoms with Gasteiger partial charge in [-0.1, -0.05) is 6.07 Å². The van der Waals surface area contributed by atoms with Gasteiger partial charge in [0.2, 0.25) is 11.8 Å². The molecule has 0 heterocycles. The van der Waals surface area contributed by atoms with E-state index in [1.54, 1.807) is 11.8 Å². The van der Waals surface area contributed by atoms with Crippen LogP contribution < -0.4 is 5.32 Å². The van der Waals surface area contributed by atoms with E-state index in [1.165, 1.54) is 0 Å². The monoisotopic (exact) mass is 383 g/mol. The average Bonchev–Trinajstić information content (AvgIpc) is 2.45. The SMILES string of the molecule is CC(=O)N(CCCN(C)C)CCC(=O)Nc1ccc(C)cc1Br. The topological polar surface area (TPSA) is 52.7 Å². The molecule has 0 radical (unpaired) electrons. The molecule has 2 amide bonds. The van der Waals surface area contributed by atoms with E-state index in [0.29, 0.717) is 19.5 Å². The van der Waals surface area contributed by atoms with Gasteiger partial charge in [0.15, 0.2) is 0 Å². The minimum Gasteiger partial charge on any atom is -0.342 e. The van der Waals surface area contributed by atoms with E-state index in [4.69, 9.17) is 0 Å². The molecule has 23 heavy (non-hydrogen) atoms. The van der Waals surface area contributed by atoms with Crippen molar-refractivity contribution in [1.29, 1.82) is 0 Å². The number of amides is 2. The number of hydrogen-bond acceptors (Lipinski definition) is 3. The standard InChI is InChI=1S/C17H26BrN3O2/c1-13-6-7-16(15(18)12-13)19-17(23)8-11-21(14(2)22)10-5-9-20(3)4/h6-7,12H,5,8-11H2,1-4H3,(H,19,23). The summed E-state index contributed by atoms with van der Waals surface area (Å²) in [6, 6.07) is 5.78. The fourth-order valence-electron chi connectivity index (χ4n) is 2.18. The molecule has 1 aromatic rings. The number of carbonyl (C=O) groups is 2. The number of nitrogens with zero attached hydrogens (tertiary/aromatic N) is 2. The Bertz CT molecular complexity index is 547. The van der Waals surface area contributed by atoms with E-state index in [9.17, 15) is 9.59 Å². The quantitative estimate of drug-likeness (QED) is 0.750. The van der Waals surface area contributed by atoms with Crippen LogP contribution in [0.5, 0.6) is 0 Å². The third-order valence-corrected chi connectivity index (χ3v) is 4.14. The van der Waals surface area contributed by atoms with Crippen LogP contribution in [0, 0.1) is 6.92 Å². The number of halogens is 1. The maximum absolute atomic E-state index is 12.1. The molecular formula is C17H26BrN3O2. The summed E-state index contributed by atoms with van der Waals surface area (Å²) in [6.45, 7) is 5.58. The molecular weight excluding hydrogens is 358 g/mol. The molecule has 0 aliphatic carbocycles. The van der Waals surface area contributed by atoms with Crippen LogP contribution in [0.4, 0.5) is 5.69 Å². The van der Waals surface area contributed by atoms with Crippen LogP contribution in [0.1, 0.15) is 25.3 Å². The van der Waals surface area contributed by atoms with E-state index in [1.807, 2.05) is 39.2 Å². The summed E-state index contributed by atoms with van der Waals surface area (Å²) in [6.07, 6.45) is 1.19. The van der Waals surface area contributed by atoms with Crippen LogP contribution in [-0.4, -0.2) is 55.3 Å². The fourth-order valence-corrected chi connectivity index (χ4v) is 2.77. The Labute approximate surface area is 147 Å². The predicted octanol–water partition coefficient (Wildman–Crippen LogP) is 2.89. The Hall–Kier alpha value is -1.40. The first-order chi connectivity index (χ1) is 10.8. The molecule has 0 unspecified atom stereocenters. The summed E-state index contributed by atoms with van der Waals surface area (Å²) in [4.78, 5) is 27.5. The summed E-state index contributed by atoms with van der Waals surface area (Å²) >= 11 is 3.44. The van der Waals surface area contributed by atoms with Crippen molar-refractivity contribution in [3.05, 3.63) is 28.2 Å². The van der Waals surface area contributed by atoms with Crippen LogP contribution in [-0.2, 0) is 9.59 Å². The largest absolute Gasteiger partial charge is 0.342 e. The van der Waals surface area contributed by atoms with E-state index >= 15 is 0 Å². The molecule has 128 valence electrons. The van der Waals surface area contributed by atoms with E-state index in [2.05, 4.69) is 26.1 Å². The van der Waals surface area contributed by atoms with E-state index < -0.39 is 0 Å². The molecule has 0 aliphatic heterocycles. The number of hydrogen-bond donors (Lipinski definition) is 1. The molecule has 0 spiro atoms. The summed E-state index contributed by atoms with van der Waals surface area (Å²) < 4.78 is 0.861. The van der Waals surface area contributed by atoms with Crippen molar-refractivity contribution in [2.45, 2.75) is 26.7 Å². The molecule has 0 fully saturated rings. The smallest absolute Gasteiger partial charge is 0.226 e. The summed E-state index contributed by atoms with van der Waals surface area (Å²) in [5.41, 5.74) is 1.88. The number of benzene rings is 1. The highest BCUT2D eigenvalue weighted by molar-refractivity contribution is 9.10. The first kappa shape index (κ1) is 19.6. The lowest BCUT2D eigenvalue weighted by molar-refractivity contribution is -0.129. The molecule has 5 nitrogen and oxygen atoms in total. The van der Waals surface area contributed by atoms with Crippen molar-refractivity contribution in [2.75, 3.05) is 39.0 Å². The zero-order valence-electron chi connectivity index (χ0n) is 14.4. The van der Waals surface area contributed by atoms with Gasteiger partial charge in [0.25, 0.3) is 0 Å². The first-order valence-corrected chi connectivity index (χ1v) is 8.55. The highest BCUT2D eigenvalue weighted by Gasteiger charge is 2.12. The molecule has 0 aliphatic rings. The molecule has 1 aromatic carbocycles. The Kier molecular flexibility index (Phi) is 8.26. The Morgan fingerprint density at radius 1 is 1.17 bits per heavy atom. The van der Waals surface area contributed by atoms with Crippen molar-refractivity contribution >= 4 is 33.4 Å². The molecule has 0 saturated heterocycles. The van der Waals surface area contributed by atoms with Gasteiger partial charge in [0.05, 0.1) is 5.69 Å². The van der Waals surface area contributed by atoms with E-state index in [-0.39, 0.29) is 11.8 Å².